The summed E-state index contributed by atoms with van der Waals surface area (Å²) in [6.45, 7) is 1.20. The first-order valence-corrected chi connectivity index (χ1v) is 10.8. The van der Waals surface area contributed by atoms with Crippen molar-refractivity contribution in [3.8, 4) is 0 Å². The van der Waals surface area contributed by atoms with Crippen molar-refractivity contribution in [3.05, 3.63) is 85.9 Å². The fourth-order valence-electron chi connectivity index (χ4n) is 4.55. The molecule has 2 aromatic rings. The topological polar surface area (TPSA) is 63.4 Å². The zero-order valence-electron chi connectivity index (χ0n) is 16.3. The van der Waals surface area contributed by atoms with Crippen LogP contribution in [0.25, 0.3) is 0 Å². The molecule has 0 spiro atoms. The minimum Gasteiger partial charge on any atom is -0.338 e. The van der Waals surface area contributed by atoms with Gasteiger partial charge in [-0.05, 0) is 66.8 Å². The van der Waals surface area contributed by atoms with Gasteiger partial charge in [-0.15, -0.1) is 0 Å². The van der Waals surface area contributed by atoms with Crippen molar-refractivity contribution in [3.63, 3.8) is 0 Å². The monoisotopic (exact) mass is 444 g/mol. The van der Waals surface area contributed by atoms with Crippen LogP contribution in [0.4, 0.5) is 5.69 Å². The molecule has 30 heavy (non-hydrogen) atoms. The minimum absolute atomic E-state index is 0.0238. The summed E-state index contributed by atoms with van der Waals surface area (Å²) in [6, 6.07) is 11.2. The Morgan fingerprint density at radius 2 is 1.87 bits per heavy atom. The number of carbonyl (C=O) groups is 1. The lowest BCUT2D eigenvalue weighted by atomic mass is 9.92. The van der Waals surface area contributed by atoms with Crippen LogP contribution in [0.2, 0.25) is 10.0 Å². The lowest BCUT2D eigenvalue weighted by molar-refractivity contribution is -0.384. The smallest absolute Gasteiger partial charge is 0.269 e. The van der Waals surface area contributed by atoms with Crippen LogP contribution in [0.5, 0.6) is 0 Å². The first kappa shape index (κ1) is 20.9. The summed E-state index contributed by atoms with van der Waals surface area (Å²) >= 11 is 12.3. The zero-order valence-corrected chi connectivity index (χ0v) is 17.9. The highest BCUT2D eigenvalue weighted by Crippen LogP contribution is 2.43. The minimum atomic E-state index is -0.462. The molecule has 156 valence electrons. The van der Waals surface area contributed by atoms with Crippen molar-refractivity contribution in [1.29, 1.82) is 0 Å². The van der Waals surface area contributed by atoms with Crippen molar-refractivity contribution >= 4 is 34.8 Å². The van der Waals surface area contributed by atoms with Gasteiger partial charge in [-0.1, -0.05) is 41.4 Å². The van der Waals surface area contributed by atoms with Crippen LogP contribution in [-0.2, 0) is 6.42 Å². The third-order valence-corrected chi connectivity index (χ3v) is 6.74. The molecule has 4 rings (SSSR count). The van der Waals surface area contributed by atoms with Gasteiger partial charge in [0.2, 0.25) is 0 Å². The average molecular weight is 445 g/mol. The van der Waals surface area contributed by atoms with Gasteiger partial charge < -0.3 is 4.90 Å². The highest BCUT2D eigenvalue weighted by atomic mass is 35.5. The van der Waals surface area contributed by atoms with E-state index in [0.29, 0.717) is 52.9 Å². The van der Waals surface area contributed by atoms with Crippen LogP contribution in [0.1, 0.15) is 28.8 Å². The third kappa shape index (κ3) is 4.52. The maximum Gasteiger partial charge on any atom is 0.269 e. The van der Waals surface area contributed by atoms with Crippen molar-refractivity contribution in [2.45, 2.75) is 19.3 Å². The van der Waals surface area contributed by atoms with Crippen molar-refractivity contribution < 1.29 is 9.72 Å². The van der Waals surface area contributed by atoms with E-state index < -0.39 is 4.92 Å². The Labute approximate surface area is 185 Å². The van der Waals surface area contributed by atoms with E-state index >= 15 is 0 Å². The molecular formula is C23H22Cl2N2O3. The lowest BCUT2D eigenvalue weighted by Gasteiger charge is -2.29. The molecule has 0 radical (unpaired) electrons. The average Bonchev–Trinajstić information content (AvgIpc) is 3.35. The molecule has 1 fully saturated rings. The van der Waals surface area contributed by atoms with Crippen molar-refractivity contribution in [2.75, 3.05) is 13.1 Å². The van der Waals surface area contributed by atoms with Gasteiger partial charge >= 0.3 is 0 Å². The number of amides is 1. The fraction of sp³-hybridized carbons (Fsp3) is 0.348. The maximum absolute atomic E-state index is 13.3. The van der Waals surface area contributed by atoms with Crippen LogP contribution in [0.15, 0.2) is 54.6 Å². The Bertz CT molecular complexity index is 990. The number of benzene rings is 2. The first-order chi connectivity index (χ1) is 14.4. The van der Waals surface area contributed by atoms with Gasteiger partial charge in [0.15, 0.2) is 0 Å². The van der Waals surface area contributed by atoms with Gasteiger partial charge in [-0.25, -0.2) is 0 Å². The Morgan fingerprint density at radius 1 is 1.10 bits per heavy atom. The molecule has 0 saturated heterocycles. The first-order valence-electron chi connectivity index (χ1n) is 10.1. The van der Waals surface area contributed by atoms with E-state index in [-0.39, 0.29) is 11.6 Å². The van der Waals surface area contributed by atoms with E-state index in [9.17, 15) is 14.9 Å². The molecule has 0 heterocycles. The van der Waals surface area contributed by atoms with E-state index in [2.05, 4.69) is 12.2 Å². The molecule has 5 nitrogen and oxygen atoms in total. The number of hydrogen-bond acceptors (Lipinski definition) is 3. The molecule has 0 aliphatic heterocycles. The Kier molecular flexibility index (Phi) is 6.11. The molecule has 1 amide bonds. The molecular weight excluding hydrogens is 423 g/mol. The second-order valence-corrected chi connectivity index (χ2v) is 8.92. The number of nitro groups is 1. The molecule has 0 aromatic heterocycles. The summed E-state index contributed by atoms with van der Waals surface area (Å²) in [5.41, 5.74) is 1.38. The Balaban J connectivity index is 1.52. The van der Waals surface area contributed by atoms with Crippen molar-refractivity contribution in [2.24, 2.45) is 17.8 Å². The molecule has 2 aromatic carbocycles. The number of nitrogens with zero attached hydrogens (tertiary/aromatic N) is 2. The number of rotatable bonds is 7. The molecule has 7 heteroatoms. The molecule has 0 N–H and O–H groups in total. The van der Waals surface area contributed by atoms with Gasteiger partial charge in [-0.2, -0.15) is 0 Å². The second-order valence-electron chi connectivity index (χ2n) is 8.08. The number of allylic oxidation sites excluding steroid dienone is 2. The number of non-ortho nitro benzene ring substituents is 1. The number of fused-ring (bicyclic) bond motifs is 2. The van der Waals surface area contributed by atoms with E-state index in [0.717, 1.165) is 12.0 Å². The normalized spacial score (nSPS) is 21.7. The number of hydrogen-bond donors (Lipinski definition) is 0. The largest absolute Gasteiger partial charge is 0.338 e. The van der Waals surface area contributed by atoms with E-state index in [1.54, 1.807) is 12.1 Å². The van der Waals surface area contributed by atoms with E-state index in [1.807, 2.05) is 11.0 Å². The van der Waals surface area contributed by atoms with Crippen LogP contribution < -0.4 is 0 Å². The molecule has 1 saturated carbocycles. The highest BCUT2D eigenvalue weighted by molar-refractivity contribution is 6.35. The summed E-state index contributed by atoms with van der Waals surface area (Å²) < 4.78 is 0. The number of nitro benzene ring substituents is 1. The lowest BCUT2D eigenvalue weighted by Crippen LogP contribution is -2.38. The quantitative estimate of drug-likeness (QED) is 0.308. The number of carbonyl (C=O) groups excluding carboxylic acids is 1. The SMILES string of the molecule is O=C(c1ccc([N+](=O)[O-])cc1)N(CCc1ccc(Cl)cc1Cl)CC1CC2C=CC1C2. The van der Waals surface area contributed by atoms with Crippen LogP contribution in [-0.4, -0.2) is 28.8 Å². The zero-order chi connectivity index (χ0) is 21.3. The van der Waals surface area contributed by atoms with E-state index in [1.165, 1.54) is 30.7 Å². The molecule has 3 atom stereocenters. The Hall–Kier alpha value is -2.37. The summed E-state index contributed by atoms with van der Waals surface area (Å²) in [4.78, 5) is 25.6. The molecule has 2 bridgehead atoms. The fourth-order valence-corrected chi connectivity index (χ4v) is 5.05. The molecule has 3 unspecified atom stereocenters. The predicted molar refractivity (Wildman–Crippen MR) is 118 cm³/mol. The van der Waals surface area contributed by atoms with Crippen molar-refractivity contribution in [1.82, 2.24) is 4.90 Å². The standard InChI is InChI=1S/C23H22Cl2N2O3/c24-20-6-3-16(22(25)13-20)9-10-26(14-19-12-15-1-2-18(19)11-15)23(28)17-4-7-21(8-5-17)27(29)30/h1-8,13,15,18-19H,9-12,14H2. The third-order valence-electron chi connectivity index (χ3n) is 6.15. The summed E-state index contributed by atoms with van der Waals surface area (Å²) in [5.74, 6) is 1.49. The summed E-state index contributed by atoms with van der Waals surface area (Å²) in [7, 11) is 0. The van der Waals surface area contributed by atoms with Crippen LogP contribution in [0, 0.1) is 27.9 Å². The van der Waals surface area contributed by atoms with E-state index in [4.69, 9.17) is 23.2 Å². The van der Waals surface area contributed by atoms with Gasteiger partial charge in [-0.3, -0.25) is 14.9 Å². The van der Waals surface area contributed by atoms with Gasteiger partial charge in [0.05, 0.1) is 4.92 Å². The highest BCUT2D eigenvalue weighted by Gasteiger charge is 2.37. The molecule has 2 aliphatic carbocycles. The van der Waals surface area contributed by atoms with Gasteiger partial charge in [0, 0.05) is 40.8 Å². The second kappa shape index (κ2) is 8.78. The van der Waals surface area contributed by atoms with Gasteiger partial charge in [0.25, 0.3) is 11.6 Å². The Morgan fingerprint density at radius 3 is 2.47 bits per heavy atom. The van der Waals surface area contributed by atoms with Gasteiger partial charge in [0.1, 0.15) is 0 Å². The molecule has 2 aliphatic rings. The maximum atomic E-state index is 13.3. The number of halogens is 2. The van der Waals surface area contributed by atoms with Crippen LogP contribution in [0.3, 0.4) is 0 Å². The van der Waals surface area contributed by atoms with Crippen LogP contribution >= 0.6 is 23.2 Å². The summed E-state index contributed by atoms with van der Waals surface area (Å²) in [6.07, 6.45) is 7.46. The summed E-state index contributed by atoms with van der Waals surface area (Å²) in [5, 5.41) is 12.1. The predicted octanol–water partition coefficient (Wildman–Crippen LogP) is 5.80.